The standard InChI is InChI=1S/C19H15NO3/c21-18-17-14(19(22)23)10-9-13-7-4-8-15(16(13)17)20(18)11-12-5-2-1-3-6-12/h1-3,5-6,8-10H,4,7,11H2,(H,22,23). The Kier molecular flexibility index (Phi) is 3.05. The Morgan fingerprint density at radius 1 is 1.09 bits per heavy atom. The van der Waals surface area contributed by atoms with Crippen molar-refractivity contribution in [1.29, 1.82) is 0 Å². The molecule has 4 heteroatoms. The number of allylic oxidation sites excluding steroid dienone is 1. The molecule has 4 rings (SSSR count). The van der Waals surface area contributed by atoms with Gasteiger partial charge in [-0.1, -0.05) is 42.5 Å². The van der Waals surface area contributed by atoms with Crippen molar-refractivity contribution in [3.05, 3.63) is 76.4 Å². The van der Waals surface area contributed by atoms with Crippen molar-refractivity contribution in [2.24, 2.45) is 0 Å². The molecule has 0 fully saturated rings. The highest BCUT2D eigenvalue weighted by molar-refractivity contribution is 6.15. The molecule has 0 saturated carbocycles. The van der Waals surface area contributed by atoms with E-state index in [0.29, 0.717) is 12.1 Å². The largest absolute Gasteiger partial charge is 0.478 e. The first-order chi connectivity index (χ1) is 11.2. The zero-order valence-electron chi connectivity index (χ0n) is 12.5. The van der Waals surface area contributed by atoms with E-state index in [1.807, 2.05) is 42.5 Å². The van der Waals surface area contributed by atoms with Gasteiger partial charge >= 0.3 is 5.97 Å². The number of hydrogen-bond donors (Lipinski definition) is 1. The van der Waals surface area contributed by atoms with E-state index >= 15 is 0 Å². The van der Waals surface area contributed by atoms with E-state index in [-0.39, 0.29) is 11.5 Å². The summed E-state index contributed by atoms with van der Waals surface area (Å²) in [6.07, 6.45) is 3.76. The maximum absolute atomic E-state index is 12.9. The summed E-state index contributed by atoms with van der Waals surface area (Å²) in [5, 5.41) is 9.42. The van der Waals surface area contributed by atoms with Gasteiger partial charge in [-0.2, -0.15) is 0 Å². The summed E-state index contributed by atoms with van der Waals surface area (Å²) in [6.45, 7) is 0.457. The van der Waals surface area contributed by atoms with Gasteiger partial charge in [-0.15, -0.1) is 0 Å². The number of nitrogens with zero attached hydrogens (tertiary/aromatic N) is 1. The topological polar surface area (TPSA) is 57.6 Å². The van der Waals surface area contributed by atoms with Crippen molar-refractivity contribution in [1.82, 2.24) is 4.90 Å². The molecule has 4 nitrogen and oxygen atoms in total. The highest BCUT2D eigenvalue weighted by Crippen LogP contribution is 2.41. The number of rotatable bonds is 3. The van der Waals surface area contributed by atoms with Crippen molar-refractivity contribution < 1.29 is 14.7 Å². The second kappa shape index (κ2) is 5.09. The van der Waals surface area contributed by atoms with E-state index in [4.69, 9.17) is 0 Å². The average Bonchev–Trinajstić information content (AvgIpc) is 2.84. The minimum Gasteiger partial charge on any atom is -0.478 e. The van der Waals surface area contributed by atoms with Crippen LogP contribution in [-0.4, -0.2) is 21.9 Å². The SMILES string of the molecule is O=C(O)c1ccc2c3c1C(=O)N(Cc1ccccc1)C3=CCC2. The Bertz CT molecular complexity index is 852. The highest BCUT2D eigenvalue weighted by Gasteiger charge is 2.38. The lowest BCUT2D eigenvalue weighted by atomic mass is 9.90. The number of hydrogen-bond acceptors (Lipinski definition) is 2. The summed E-state index contributed by atoms with van der Waals surface area (Å²) in [7, 11) is 0. The molecule has 0 atom stereocenters. The molecule has 2 aromatic rings. The van der Waals surface area contributed by atoms with Crippen LogP contribution in [0, 0.1) is 0 Å². The first kappa shape index (κ1) is 13.8. The molecular weight excluding hydrogens is 290 g/mol. The van der Waals surface area contributed by atoms with E-state index < -0.39 is 5.97 Å². The second-order valence-corrected chi connectivity index (χ2v) is 5.83. The zero-order valence-corrected chi connectivity index (χ0v) is 12.5. The summed E-state index contributed by atoms with van der Waals surface area (Å²) in [5.41, 5.74) is 4.20. The van der Waals surface area contributed by atoms with E-state index in [0.717, 1.165) is 35.2 Å². The van der Waals surface area contributed by atoms with Gasteiger partial charge in [0, 0.05) is 11.3 Å². The fraction of sp³-hybridized carbons (Fsp3) is 0.158. The molecule has 0 unspecified atom stereocenters. The summed E-state index contributed by atoms with van der Waals surface area (Å²) < 4.78 is 0. The van der Waals surface area contributed by atoms with E-state index in [2.05, 4.69) is 0 Å². The molecule has 2 aliphatic rings. The summed E-state index contributed by atoms with van der Waals surface area (Å²) in [5.74, 6) is -1.26. The lowest BCUT2D eigenvalue weighted by molar-refractivity contribution is 0.0687. The third-order valence-corrected chi connectivity index (χ3v) is 4.46. The first-order valence-corrected chi connectivity index (χ1v) is 7.62. The van der Waals surface area contributed by atoms with Gasteiger partial charge in [0.05, 0.1) is 17.7 Å². The number of benzene rings is 2. The maximum Gasteiger partial charge on any atom is 0.336 e. The number of carboxylic acid groups (broad SMARTS) is 1. The number of amides is 1. The molecule has 23 heavy (non-hydrogen) atoms. The predicted molar refractivity (Wildman–Crippen MR) is 86.0 cm³/mol. The molecular formula is C19H15NO3. The molecule has 0 spiro atoms. The Balaban J connectivity index is 1.84. The molecule has 1 aliphatic heterocycles. The molecule has 1 amide bonds. The molecule has 1 aliphatic carbocycles. The van der Waals surface area contributed by atoms with Crippen molar-refractivity contribution in [3.63, 3.8) is 0 Å². The minimum atomic E-state index is -1.05. The Labute approximate surface area is 133 Å². The highest BCUT2D eigenvalue weighted by atomic mass is 16.4. The monoisotopic (exact) mass is 305 g/mol. The molecule has 0 aromatic heterocycles. The van der Waals surface area contributed by atoms with Crippen molar-refractivity contribution in [2.75, 3.05) is 0 Å². The van der Waals surface area contributed by atoms with Crippen LogP contribution in [0.1, 0.15) is 43.8 Å². The molecule has 114 valence electrons. The third-order valence-electron chi connectivity index (χ3n) is 4.46. The Hall–Kier alpha value is -2.88. The molecule has 0 saturated heterocycles. The summed E-state index contributed by atoms with van der Waals surface area (Å²) in [4.78, 5) is 26.1. The van der Waals surface area contributed by atoms with Gasteiger partial charge in [-0.3, -0.25) is 4.79 Å². The number of carbonyl (C=O) groups excluding carboxylic acids is 1. The summed E-state index contributed by atoms with van der Waals surface area (Å²) in [6, 6.07) is 13.2. The van der Waals surface area contributed by atoms with Gasteiger partial charge in [0.15, 0.2) is 0 Å². The number of aromatic carboxylic acids is 1. The van der Waals surface area contributed by atoms with Crippen LogP contribution in [0.5, 0.6) is 0 Å². The Morgan fingerprint density at radius 2 is 1.87 bits per heavy atom. The third kappa shape index (κ3) is 2.06. The smallest absolute Gasteiger partial charge is 0.336 e. The van der Waals surface area contributed by atoms with Gasteiger partial charge < -0.3 is 10.0 Å². The predicted octanol–water partition coefficient (Wildman–Crippen LogP) is 3.33. The molecule has 0 radical (unpaired) electrons. The lowest BCUT2D eigenvalue weighted by Crippen LogP contribution is -2.23. The second-order valence-electron chi connectivity index (χ2n) is 5.83. The van der Waals surface area contributed by atoms with Crippen LogP contribution >= 0.6 is 0 Å². The van der Waals surface area contributed by atoms with E-state index in [1.165, 1.54) is 0 Å². The molecule has 1 N–H and O–H groups in total. The van der Waals surface area contributed by atoms with Gasteiger partial charge in [-0.25, -0.2) is 4.79 Å². The van der Waals surface area contributed by atoms with Gasteiger partial charge in [0.1, 0.15) is 0 Å². The quantitative estimate of drug-likeness (QED) is 0.946. The van der Waals surface area contributed by atoms with Crippen molar-refractivity contribution in [2.45, 2.75) is 19.4 Å². The van der Waals surface area contributed by atoms with Crippen LogP contribution in [0.3, 0.4) is 0 Å². The van der Waals surface area contributed by atoms with Gasteiger partial charge in [-0.05, 0) is 30.0 Å². The van der Waals surface area contributed by atoms with Gasteiger partial charge in [0.2, 0.25) is 0 Å². The normalized spacial score (nSPS) is 15.4. The molecule has 1 heterocycles. The van der Waals surface area contributed by atoms with Gasteiger partial charge in [0.25, 0.3) is 5.91 Å². The van der Waals surface area contributed by atoms with Crippen molar-refractivity contribution in [3.8, 4) is 0 Å². The molecule has 2 aromatic carbocycles. The van der Waals surface area contributed by atoms with Crippen LogP contribution in [0.2, 0.25) is 0 Å². The van der Waals surface area contributed by atoms with Crippen LogP contribution < -0.4 is 0 Å². The molecule has 0 bridgehead atoms. The number of carbonyl (C=O) groups is 2. The van der Waals surface area contributed by atoms with Crippen LogP contribution in [0.15, 0.2) is 48.5 Å². The zero-order chi connectivity index (χ0) is 16.0. The van der Waals surface area contributed by atoms with Crippen LogP contribution in [0.4, 0.5) is 0 Å². The Morgan fingerprint density at radius 3 is 2.61 bits per heavy atom. The van der Waals surface area contributed by atoms with E-state index in [9.17, 15) is 14.7 Å². The number of carboxylic acids is 1. The van der Waals surface area contributed by atoms with E-state index in [1.54, 1.807) is 11.0 Å². The van der Waals surface area contributed by atoms with Crippen LogP contribution in [-0.2, 0) is 13.0 Å². The minimum absolute atomic E-state index is 0.0945. The average molecular weight is 305 g/mol. The maximum atomic E-state index is 12.9. The summed E-state index contributed by atoms with van der Waals surface area (Å²) >= 11 is 0. The van der Waals surface area contributed by atoms with Crippen molar-refractivity contribution >= 4 is 17.6 Å². The fourth-order valence-corrected chi connectivity index (χ4v) is 3.43. The first-order valence-electron chi connectivity index (χ1n) is 7.62. The number of aryl methyl sites for hydroxylation is 1. The van der Waals surface area contributed by atoms with Crippen LogP contribution in [0.25, 0.3) is 5.70 Å². The lowest BCUT2D eigenvalue weighted by Gasteiger charge is -2.21. The fourth-order valence-electron chi connectivity index (χ4n) is 3.43.